The largest absolute Gasteiger partial charge is 0.147 e. The molecule has 2 aromatic rings. The third-order valence-corrected chi connectivity index (χ3v) is 3.20. The zero-order valence-electron chi connectivity index (χ0n) is 7.29. The highest BCUT2D eigenvalue weighted by Gasteiger charge is 2.06. The number of rotatable bonds is 1. The summed E-state index contributed by atoms with van der Waals surface area (Å²) in [5, 5.41) is 4.97. The summed E-state index contributed by atoms with van der Waals surface area (Å²) in [5.41, 5.74) is 0. The van der Waals surface area contributed by atoms with E-state index >= 15 is 0 Å². The van der Waals surface area contributed by atoms with Crippen LogP contribution >= 0.6 is 11.3 Å². The van der Waals surface area contributed by atoms with Crippen LogP contribution in [0.1, 0.15) is 18.7 Å². The van der Waals surface area contributed by atoms with Gasteiger partial charge in [-0.15, -0.1) is 11.3 Å². The van der Waals surface area contributed by atoms with Gasteiger partial charge < -0.3 is 0 Å². The predicted octanol–water partition coefficient (Wildman–Crippen LogP) is 3.86. The Balaban J connectivity index is 2.70. The molecular formula is C11H11S. The van der Waals surface area contributed by atoms with Gasteiger partial charge in [-0.1, -0.05) is 38.1 Å². The minimum absolute atomic E-state index is 1.36. The van der Waals surface area contributed by atoms with Gasteiger partial charge in [-0.05, 0) is 16.2 Å². The monoisotopic (exact) mass is 175 g/mol. The van der Waals surface area contributed by atoms with Crippen LogP contribution in [0.2, 0.25) is 0 Å². The Hall–Kier alpha value is -0.820. The van der Waals surface area contributed by atoms with Crippen molar-refractivity contribution in [2.45, 2.75) is 13.8 Å². The normalized spacial score (nSPS) is 11.2. The molecule has 0 atom stereocenters. The van der Waals surface area contributed by atoms with Crippen molar-refractivity contribution < 1.29 is 0 Å². The van der Waals surface area contributed by atoms with Gasteiger partial charge in [-0.3, -0.25) is 0 Å². The lowest BCUT2D eigenvalue weighted by molar-refractivity contribution is 1.20. The van der Waals surface area contributed by atoms with Gasteiger partial charge in [0.15, 0.2) is 0 Å². The molecule has 1 aromatic heterocycles. The average Bonchev–Trinajstić information content (AvgIpc) is 2.47. The lowest BCUT2D eigenvalue weighted by Crippen LogP contribution is -1.81. The van der Waals surface area contributed by atoms with Crippen LogP contribution in [0, 0.1) is 5.92 Å². The van der Waals surface area contributed by atoms with Crippen LogP contribution in [0.25, 0.3) is 10.8 Å². The van der Waals surface area contributed by atoms with E-state index in [2.05, 4.69) is 43.5 Å². The molecule has 1 aromatic carbocycles. The molecule has 0 bridgehead atoms. The summed E-state index contributed by atoms with van der Waals surface area (Å²) in [6.07, 6.45) is 0. The SMILES string of the molecule is C[C](C)c1scc2ccccc12. The van der Waals surface area contributed by atoms with Gasteiger partial charge in [0.25, 0.3) is 0 Å². The summed E-state index contributed by atoms with van der Waals surface area (Å²) in [4.78, 5) is 1.42. The van der Waals surface area contributed by atoms with Crippen molar-refractivity contribution in [3.63, 3.8) is 0 Å². The summed E-state index contributed by atoms with van der Waals surface area (Å²) >= 11 is 1.83. The third kappa shape index (κ3) is 1.14. The summed E-state index contributed by atoms with van der Waals surface area (Å²) in [5.74, 6) is 1.40. The molecule has 0 unspecified atom stereocenters. The first-order chi connectivity index (χ1) is 5.79. The maximum Gasteiger partial charge on any atom is 0.0189 e. The fourth-order valence-electron chi connectivity index (χ4n) is 1.38. The molecule has 1 radical (unpaired) electrons. The Bertz CT molecular complexity index is 385. The Kier molecular flexibility index (Phi) is 1.89. The molecule has 0 aliphatic carbocycles. The molecule has 0 amide bonds. The molecule has 0 saturated carbocycles. The molecule has 0 aliphatic rings. The first-order valence-corrected chi connectivity index (χ1v) is 4.94. The summed E-state index contributed by atoms with van der Waals surface area (Å²) < 4.78 is 0. The summed E-state index contributed by atoms with van der Waals surface area (Å²) in [6.45, 7) is 4.33. The summed E-state index contributed by atoms with van der Waals surface area (Å²) in [6, 6.07) is 8.54. The molecule has 2 rings (SSSR count). The van der Waals surface area contributed by atoms with Crippen LogP contribution in [-0.4, -0.2) is 0 Å². The summed E-state index contributed by atoms with van der Waals surface area (Å²) in [7, 11) is 0. The van der Waals surface area contributed by atoms with Gasteiger partial charge in [0.1, 0.15) is 0 Å². The van der Waals surface area contributed by atoms with E-state index in [4.69, 9.17) is 0 Å². The quantitative estimate of drug-likeness (QED) is 0.617. The van der Waals surface area contributed by atoms with Crippen molar-refractivity contribution in [3.05, 3.63) is 40.4 Å². The fraction of sp³-hybridized carbons (Fsp3) is 0.182. The Morgan fingerprint density at radius 3 is 2.67 bits per heavy atom. The van der Waals surface area contributed by atoms with Crippen LogP contribution in [0.3, 0.4) is 0 Å². The van der Waals surface area contributed by atoms with Gasteiger partial charge in [-0.2, -0.15) is 0 Å². The van der Waals surface area contributed by atoms with Crippen LogP contribution in [0.4, 0.5) is 0 Å². The van der Waals surface area contributed by atoms with E-state index in [1.54, 1.807) is 0 Å². The average molecular weight is 175 g/mol. The van der Waals surface area contributed by atoms with Crippen molar-refractivity contribution in [1.82, 2.24) is 0 Å². The number of benzene rings is 1. The molecule has 0 saturated heterocycles. The van der Waals surface area contributed by atoms with Crippen molar-refractivity contribution in [2.75, 3.05) is 0 Å². The number of thiophene rings is 1. The van der Waals surface area contributed by atoms with E-state index < -0.39 is 0 Å². The zero-order valence-corrected chi connectivity index (χ0v) is 8.11. The topological polar surface area (TPSA) is 0 Å². The van der Waals surface area contributed by atoms with Crippen LogP contribution in [0.15, 0.2) is 29.6 Å². The van der Waals surface area contributed by atoms with Gasteiger partial charge in [-0.25, -0.2) is 0 Å². The minimum Gasteiger partial charge on any atom is -0.147 e. The van der Waals surface area contributed by atoms with E-state index in [0.717, 1.165) is 0 Å². The second-order valence-electron chi connectivity index (χ2n) is 3.15. The number of hydrogen-bond donors (Lipinski definition) is 0. The molecule has 0 spiro atoms. The first kappa shape index (κ1) is 7.81. The van der Waals surface area contributed by atoms with Crippen LogP contribution in [0.5, 0.6) is 0 Å². The molecule has 1 heterocycles. The maximum absolute atomic E-state index is 2.22. The second-order valence-corrected chi connectivity index (χ2v) is 4.03. The Morgan fingerprint density at radius 2 is 1.92 bits per heavy atom. The Labute approximate surface area is 76.8 Å². The standard InChI is InChI=1S/C11H11S/c1-8(2)11-10-6-4-3-5-9(10)7-12-11/h3-7H,1-2H3. The van der Waals surface area contributed by atoms with Crippen LogP contribution in [-0.2, 0) is 0 Å². The first-order valence-electron chi connectivity index (χ1n) is 4.06. The van der Waals surface area contributed by atoms with E-state index in [9.17, 15) is 0 Å². The number of fused-ring (bicyclic) bond motifs is 1. The van der Waals surface area contributed by atoms with E-state index in [1.165, 1.54) is 21.6 Å². The van der Waals surface area contributed by atoms with E-state index in [1.807, 2.05) is 11.3 Å². The molecule has 12 heavy (non-hydrogen) atoms. The predicted molar refractivity (Wildman–Crippen MR) is 55.5 cm³/mol. The molecule has 0 aliphatic heterocycles. The highest BCUT2D eigenvalue weighted by Crippen LogP contribution is 2.30. The maximum atomic E-state index is 2.22. The van der Waals surface area contributed by atoms with Crippen molar-refractivity contribution in [1.29, 1.82) is 0 Å². The molecular weight excluding hydrogens is 164 g/mol. The number of hydrogen-bond acceptors (Lipinski definition) is 1. The van der Waals surface area contributed by atoms with E-state index in [-0.39, 0.29) is 0 Å². The van der Waals surface area contributed by atoms with Crippen LogP contribution < -0.4 is 0 Å². The van der Waals surface area contributed by atoms with Gasteiger partial charge in [0, 0.05) is 10.8 Å². The Morgan fingerprint density at radius 1 is 1.17 bits per heavy atom. The lowest BCUT2D eigenvalue weighted by Gasteiger charge is -1.99. The molecule has 1 heteroatoms. The molecule has 61 valence electrons. The smallest absolute Gasteiger partial charge is 0.0189 e. The van der Waals surface area contributed by atoms with Gasteiger partial charge in [0.05, 0.1) is 0 Å². The highest BCUT2D eigenvalue weighted by molar-refractivity contribution is 7.12. The molecule has 0 nitrogen and oxygen atoms in total. The fourth-order valence-corrected chi connectivity index (χ4v) is 2.38. The van der Waals surface area contributed by atoms with Crippen molar-refractivity contribution >= 4 is 22.1 Å². The van der Waals surface area contributed by atoms with Gasteiger partial charge in [0.2, 0.25) is 0 Å². The molecule has 0 N–H and O–H groups in total. The zero-order chi connectivity index (χ0) is 8.55. The molecule has 0 fully saturated rings. The van der Waals surface area contributed by atoms with E-state index in [0.29, 0.717) is 0 Å². The van der Waals surface area contributed by atoms with Crippen molar-refractivity contribution in [3.8, 4) is 0 Å². The highest BCUT2D eigenvalue weighted by atomic mass is 32.1. The lowest BCUT2D eigenvalue weighted by atomic mass is 10.1. The second kappa shape index (κ2) is 2.91. The van der Waals surface area contributed by atoms with Gasteiger partial charge >= 0.3 is 0 Å². The van der Waals surface area contributed by atoms with Crippen molar-refractivity contribution in [2.24, 2.45) is 0 Å². The third-order valence-electron chi connectivity index (χ3n) is 1.96. The minimum atomic E-state index is 1.36.